The lowest BCUT2D eigenvalue weighted by Gasteiger charge is -2.12. The smallest absolute Gasteiger partial charge is 0.338 e. The van der Waals surface area contributed by atoms with Crippen LogP contribution in [-0.2, 0) is 11.3 Å². The number of aryl methyl sites for hydroxylation is 1. The number of rotatable bonds is 6. The fraction of sp³-hybridized carbons (Fsp3) is 0.238. The Morgan fingerprint density at radius 2 is 1.93 bits per heavy atom. The maximum absolute atomic E-state index is 12.8. The molecule has 7 heteroatoms. The fourth-order valence-electron chi connectivity index (χ4n) is 2.91. The van der Waals surface area contributed by atoms with Crippen molar-refractivity contribution in [1.29, 1.82) is 0 Å². The zero-order valence-electron chi connectivity index (χ0n) is 15.9. The van der Waals surface area contributed by atoms with Gasteiger partial charge >= 0.3 is 5.97 Å². The number of hydrogen-bond donors (Lipinski definition) is 0. The Morgan fingerprint density at radius 1 is 1.18 bits per heavy atom. The number of carbonyl (C=O) groups is 2. The predicted molar refractivity (Wildman–Crippen MR) is 102 cm³/mol. The maximum Gasteiger partial charge on any atom is 0.338 e. The molecule has 0 bridgehead atoms. The van der Waals surface area contributed by atoms with Gasteiger partial charge in [-0.3, -0.25) is 4.79 Å². The number of esters is 1. The Hall–Kier alpha value is -3.48. The summed E-state index contributed by atoms with van der Waals surface area (Å²) in [6.45, 7) is 5.07. The monoisotopic (exact) mass is 380 g/mol. The third-order valence-corrected chi connectivity index (χ3v) is 4.25. The molecule has 0 aliphatic carbocycles. The van der Waals surface area contributed by atoms with Crippen LogP contribution in [0.25, 0.3) is 11.0 Å². The van der Waals surface area contributed by atoms with E-state index in [0.717, 1.165) is 5.56 Å². The maximum atomic E-state index is 12.8. The number of nitrogens with zero attached hydrogens (tertiary/aromatic N) is 2. The van der Waals surface area contributed by atoms with Crippen molar-refractivity contribution < 1.29 is 23.8 Å². The Morgan fingerprint density at radius 3 is 2.61 bits per heavy atom. The van der Waals surface area contributed by atoms with Gasteiger partial charge in [0.05, 0.1) is 18.2 Å². The quantitative estimate of drug-likeness (QED) is 0.282. The van der Waals surface area contributed by atoms with E-state index in [0.29, 0.717) is 28.2 Å². The lowest BCUT2D eigenvalue weighted by Crippen LogP contribution is -2.37. The van der Waals surface area contributed by atoms with E-state index in [-0.39, 0.29) is 23.5 Å². The average Bonchev–Trinajstić information content (AvgIpc) is 2.67. The topological polar surface area (TPSA) is 92.4 Å². The van der Waals surface area contributed by atoms with Crippen LogP contribution in [0.2, 0.25) is 0 Å². The molecule has 3 aromatic rings. The van der Waals surface area contributed by atoms with Crippen LogP contribution >= 0.6 is 0 Å². The van der Waals surface area contributed by atoms with Crippen LogP contribution < -0.4 is 9.47 Å². The standard InChI is InChI=1S/C21H20N2O5/c1-4-27-15-9-10-17-19(11-15)23(26)20(14(3)24)18(22-17)12-28-21(25)16-8-6-5-7-13(16)2/h5-11H,4,12H2,1-3H3. The number of fused-ring (bicyclic) bond motifs is 1. The lowest BCUT2D eigenvalue weighted by atomic mass is 10.1. The molecule has 7 nitrogen and oxygen atoms in total. The number of carbonyl (C=O) groups excluding carboxylic acids is 2. The van der Waals surface area contributed by atoms with Gasteiger partial charge in [-0.25, -0.2) is 9.78 Å². The van der Waals surface area contributed by atoms with Crippen molar-refractivity contribution in [3.05, 3.63) is 70.2 Å². The Balaban J connectivity index is 1.97. The first-order valence-corrected chi connectivity index (χ1v) is 8.85. The molecular weight excluding hydrogens is 360 g/mol. The lowest BCUT2D eigenvalue weighted by molar-refractivity contribution is -0.580. The largest absolute Gasteiger partial charge is 0.618 e. The summed E-state index contributed by atoms with van der Waals surface area (Å²) in [5, 5.41) is 12.8. The van der Waals surface area contributed by atoms with Crippen LogP contribution in [0.15, 0.2) is 42.5 Å². The minimum absolute atomic E-state index is 0.112. The highest BCUT2D eigenvalue weighted by Gasteiger charge is 2.25. The third-order valence-electron chi connectivity index (χ3n) is 4.25. The molecule has 144 valence electrons. The summed E-state index contributed by atoms with van der Waals surface area (Å²) in [5.41, 5.74) is 1.74. The normalized spacial score (nSPS) is 10.7. The molecular formula is C21H20N2O5. The van der Waals surface area contributed by atoms with Gasteiger partial charge in [-0.15, -0.1) is 0 Å². The molecule has 0 saturated carbocycles. The highest BCUT2D eigenvalue weighted by atomic mass is 16.5. The predicted octanol–water partition coefficient (Wildman–Crippen LogP) is 3.13. The molecule has 0 fully saturated rings. The van der Waals surface area contributed by atoms with Crippen LogP contribution in [0.3, 0.4) is 0 Å². The number of aromatic nitrogens is 2. The second-order valence-electron chi connectivity index (χ2n) is 6.23. The van der Waals surface area contributed by atoms with E-state index in [1.54, 1.807) is 37.3 Å². The van der Waals surface area contributed by atoms with Gasteiger partial charge < -0.3 is 14.7 Å². The van der Waals surface area contributed by atoms with Crippen molar-refractivity contribution in [2.24, 2.45) is 0 Å². The summed E-state index contributed by atoms with van der Waals surface area (Å²) in [6, 6.07) is 11.9. The Bertz CT molecular complexity index is 1060. The highest BCUT2D eigenvalue weighted by Crippen LogP contribution is 2.20. The molecule has 0 unspecified atom stereocenters. The Labute approximate surface area is 162 Å². The van der Waals surface area contributed by atoms with Crippen molar-refractivity contribution in [2.45, 2.75) is 27.4 Å². The molecule has 28 heavy (non-hydrogen) atoms. The molecule has 0 spiro atoms. The fourth-order valence-corrected chi connectivity index (χ4v) is 2.91. The zero-order chi connectivity index (χ0) is 20.3. The first-order valence-electron chi connectivity index (χ1n) is 8.85. The second-order valence-corrected chi connectivity index (χ2v) is 6.23. The number of ether oxygens (including phenoxy) is 2. The molecule has 0 saturated heterocycles. The van der Waals surface area contributed by atoms with Crippen LogP contribution in [0, 0.1) is 12.1 Å². The van der Waals surface area contributed by atoms with Gasteiger partial charge in [-0.2, -0.15) is 4.73 Å². The highest BCUT2D eigenvalue weighted by molar-refractivity contribution is 5.93. The second kappa shape index (κ2) is 8.04. The Kier molecular flexibility index (Phi) is 5.54. The van der Waals surface area contributed by atoms with Gasteiger partial charge in [0, 0.05) is 6.92 Å². The number of hydrogen-bond acceptors (Lipinski definition) is 6. The van der Waals surface area contributed by atoms with E-state index in [1.807, 2.05) is 13.0 Å². The van der Waals surface area contributed by atoms with Crippen LogP contribution in [-0.4, -0.2) is 23.3 Å². The van der Waals surface area contributed by atoms with Crippen molar-refractivity contribution in [2.75, 3.05) is 6.61 Å². The van der Waals surface area contributed by atoms with Crippen LogP contribution in [0.1, 0.15) is 46.0 Å². The minimum atomic E-state index is -0.543. The van der Waals surface area contributed by atoms with Crippen molar-refractivity contribution in [3.8, 4) is 5.75 Å². The molecule has 0 aliphatic rings. The number of ketones is 1. The van der Waals surface area contributed by atoms with Gasteiger partial charge in [0.15, 0.2) is 5.69 Å². The molecule has 3 rings (SSSR count). The van der Waals surface area contributed by atoms with Gasteiger partial charge in [-0.05, 0) is 37.6 Å². The summed E-state index contributed by atoms with van der Waals surface area (Å²) in [5.74, 6) is -0.499. The first-order chi connectivity index (χ1) is 13.4. The summed E-state index contributed by atoms with van der Waals surface area (Å²) in [7, 11) is 0. The van der Waals surface area contributed by atoms with E-state index in [4.69, 9.17) is 9.47 Å². The summed E-state index contributed by atoms with van der Waals surface area (Å²) < 4.78 is 11.2. The summed E-state index contributed by atoms with van der Waals surface area (Å²) in [6.07, 6.45) is 0. The van der Waals surface area contributed by atoms with E-state index in [2.05, 4.69) is 4.98 Å². The van der Waals surface area contributed by atoms with Gasteiger partial charge in [0.25, 0.3) is 5.69 Å². The first kappa shape index (κ1) is 19.3. The number of Topliss-reactive ketones (excluding diaryl/α,β-unsaturated/α-hetero) is 1. The molecule has 0 N–H and O–H groups in total. The van der Waals surface area contributed by atoms with Crippen molar-refractivity contribution >= 4 is 22.8 Å². The molecule has 1 heterocycles. The van der Waals surface area contributed by atoms with Gasteiger partial charge in [-0.1, -0.05) is 18.2 Å². The van der Waals surface area contributed by atoms with E-state index < -0.39 is 11.8 Å². The van der Waals surface area contributed by atoms with E-state index in [9.17, 15) is 14.8 Å². The molecule has 2 aromatic carbocycles. The van der Waals surface area contributed by atoms with Crippen LogP contribution in [0.4, 0.5) is 0 Å². The zero-order valence-corrected chi connectivity index (χ0v) is 15.9. The molecule has 0 aliphatic heterocycles. The average molecular weight is 380 g/mol. The SMILES string of the molecule is CCOc1ccc2nc(COC(=O)c3ccccc3C)c(C(C)=O)[n+]([O-])c2c1. The van der Waals surface area contributed by atoms with Gasteiger partial charge in [0.1, 0.15) is 17.9 Å². The molecule has 0 radical (unpaired) electrons. The van der Waals surface area contributed by atoms with Crippen molar-refractivity contribution in [1.82, 2.24) is 4.98 Å². The molecule has 0 atom stereocenters. The minimum Gasteiger partial charge on any atom is -0.618 e. The van der Waals surface area contributed by atoms with Gasteiger partial charge in [0.2, 0.25) is 11.3 Å². The summed E-state index contributed by atoms with van der Waals surface area (Å²) >= 11 is 0. The van der Waals surface area contributed by atoms with E-state index >= 15 is 0 Å². The number of benzene rings is 2. The third kappa shape index (κ3) is 3.78. The van der Waals surface area contributed by atoms with E-state index in [1.165, 1.54) is 13.0 Å². The summed E-state index contributed by atoms with van der Waals surface area (Å²) in [4.78, 5) is 28.8. The molecule has 0 amide bonds. The molecule has 1 aromatic heterocycles. The van der Waals surface area contributed by atoms with Crippen molar-refractivity contribution in [3.63, 3.8) is 0 Å². The van der Waals surface area contributed by atoms with Crippen LogP contribution in [0.5, 0.6) is 5.75 Å².